The van der Waals surface area contributed by atoms with E-state index in [2.05, 4.69) is 27.7 Å². The van der Waals surface area contributed by atoms with Crippen LogP contribution in [0, 0.1) is 28.6 Å². The van der Waals surface area contributed by atoms with Gasteiger partial charge in [0.05, 0.1) is 13.2 Å². The summed E-state index contributed by atoms with van der Waals surface area (Å²) in [6.07, 6.45) is 8.33. The van der Waals surface area contributed by atoms with Crippen molar-refractivity contribution < 1.29 is 42.8 Å². The Hall–Kier alpha value is -1.27. The van der Waals surface area contributed by atoms with E-state index in [0.717, 1.165) is 38.5 Å². The van der Waals surface area contributed by atoms with Gasteiger partial charge in [0.15, 0.2) is 4.75 Å². The lowest BCUT2D eigenvalue weighted by Gasteiger charge is -2.59. The summed E-state index contributed by atoms with van der Waals surface area (Å²) in [5.41, 5.74) is -1.37. The third-order valence-corrected chi connectivity index (χ3v) is 13.9. The maximum Gasteiger partial charge on any atom is 0.356 e. The summed E-state index contributed by atoms with van der Waals surface area (Å²) in [5, 5.41) is 12.5. The van der Waals surface area contributed by atoms with Crippen LogP contribution in [0.5, 0.6) is 0 Å². The van der Waals surface area contributed by atoms with Crippen LogP contribution >= 0.6 is 0 Å². The molecule has 298 valence electrons. The number of aliphatic hydroxyl groups excluding tert-OH is 1. The van der Waals surface area contributed by atoms with E-state index in [-0.39, 0.29) is 26.1 Å². The van der Waals surface area contributed by atoms with Crippen molar-refractivity contribution in [1.29, 1.82) is 0 Å². The molecule has 0 saturated heterocycles. The van der Waals surface area contributed by atoms with E-state index in [1.54, 1.807) is 13.0 Å². The Bertz CT molecular complexity index is 1110. The zero-order valence-corrected chi connectivity index (χ0v) is 35.7. The van der Waals surface area contributed by atoms with E-state index < -0.39 is 84.3 Å². The second-order valence-corrected chi connectivity index (χ2v) is 20.4. The molecule has 11 heteroatoms. The van der Waals surface area contributed by atoms with Crippen LogP contribution in [0.15, 0.2) is 11.6 Å². The quantitative estimate of drug-likeness (QED) is 0.0380. The Morgan fingerprint density at radius 3 is 1.65 bits per heavy atom. The van der Waals surface area contributed by atoms with Crippen molar-refractivity contribution in [2.45, 2.75) is 169 Å². The SMILES string of the molecule is CCCC1C(OC(=O)CC)([S+]([O-])CC(=O)OCCCCCC(C)C)C=C(C(C)(C)C)C(O)C1([S+]([O-])CC(=O)OCCCCCC(C)C)C(C)(C)C. The summed E-state index contributed by atoms with van der Waals surface area (Å²) in [6, 6.07) is 0. The maximum absolute atomic E-state index is 15.0. The molecule has 1 rings (SSSR count). The van der Waals surface area contributed by atoms with E-state index in [9.17, 15) is 24.0 Å². The Morgan fingerprint density at radius 1 is 0.784 bits per heavy atom. The van der Waals surface area contributed by atoms with Gasteiger partial charge in [-0.2, -0.15) is 0 Å². The number of carbonyl (C=O) groups is 3. The minimum atomic E-state index is -2.21. The molecule has 0 aromatic carbocycles. The van der Waals surface area contributed by atoms with Gasteiger partial charge in [-0.3, -0.25) is 4.79 Å². The molecule has 1 N–H and O–H groups in total. The van der Waals surface area contributed by atoms with Gasteiger partial charge in [0.25, 0.3) is 4.93 Å². The largest absolute Gasteiger partial charge is 0.615 e. The number of carbonyl (C=O) groups excluding carboxylic acids is 3. The van der Waals surface area contributed by atoms with Crippen LogP contribution in [0.3, 0.4) is 0 Å². The van der Waals surface area contributed by atoms with Crippen molar-refractivity contribution in [3.8, 4) is 0 Å². The van der Waals surface area contributed by atoms with Gasteiger partial charge in [-0.05, 0) is 53.3 Å². The molecule has 0 aliphatic heterocycles. The zero-order chi connectivity index (χ0) is 39.2. The van der Waals surface area contributed by atoms with Crippen LogP contribution in [-0.4, -0.2) is 72.6 Å². The molecule has 1 aliphatic rings. The third-order valence-electron chi connectivity index (χ3n) is 9.85. The molecular weight excluding hydrogens is 689 g/mol. The highest BCUT2D eigenvalue weighted by Crippen LogP contribution is 2.60. The average molecular weight is 761 g/mol. The van der Waals surface area contributed by atoms with Crippen molar-refractivity contribution in [1.82, 2.24) is 0 Å². The molecule has 0 aromatic heterocycles. The Balaban J connectivity index is 3.71. The molecule has 0 radical (unpaired) electrons. The fourth-order valence-electron chi connectivity index (χ4n) is 7.19. The topological polar surface area (TPSA) is 145 Å². The second-order valence-electron chi connectivity index (χ2n) is 17.1. The summed E-state index contributed by atoms with van der Waals surface area (Å²) in [5.74, 6) is -2.84. The van der Waals surface area contributed by atoms with E-state index in [0.29, 0.717) is 36.7 Å². The molecule has 0 bridgehead atoms. The van der Waals surface area contributed by atoms with Gasteiger partial charge in [-0.15, -0.1) is 0 Å². The molecule has 0 saturated carbocycles. The molecule has 0 amide bonds. The van der Waals surface area contributed by atoms with Crippen LogP contribution in [-0.2, 0) is 50.9 Å². The van der Waals surface area contributed by atoms with Crippen LogP contribution in [0.2, 0.25) is 0 Å². The highest BCUT2D eigenvalue weighted by molar-refractivity contribution is 7.94. The van der Waals surface area contributed by atoms with Gasteiger partial charge in [0.1, 0.15) is 12.0 Å². The molecule has 6 unspecified atom stereocenters. The van der Waals surface area contributed by atoms with Crippen LogP contribution in [0.4, 0.5) is 0 Å². The molecular formula is C40H72O9S2. The van der Waals surface area contributed by atoms with Crippen molar-refractivity contribution in [3.63, 3.8) is 0 Å². The summed E-state index contributed by atoms with van der Waals surface area (Å²) in [7, 11) is 0. The van der Waals surface area contributed by atoms with Gasteiger partial charge in [0.2, 0.25) is 11.5 Å². The smallest absolute Gasteiger partial charge is 0.356 e. The van der Waals surface area contributed by atoms with Gasteiger partial charge in [-0.25, -0.2) is 9.59 Å². The number of hydrogen-bond acceptors (Lipinski definition) is 9. The van der Waals surface area contributed by atoms with Gasteiger partial charge >= 0.3 is 17.9 Å². The average Bonchev–Trinajstić information content (AvgIpc) is 3.00. The molecule has 6 atom stereocenters. The number of aliphatic hydroxyl groups is 1. The lowest BCUT2D eigenvalue weighted by Crippen LogP contribution is -2.73. The number of hydrogen-bond donors (Lipinski definition) is 1. The Labute approximate surface area is 316 Å². The van der Waals surface area contributed by atoms with Crippen molar-refractivity contribution >= 4 is 40.3 Å². The summed E-state index contributed by atoms with van der Waals surface area (Å²) >= 11 is -4.32. The minimum Gasteiger partial charge on any atom is -0.615 e. The lowest BCUT2D eigenvalue weighted by molar-refractivity contribution is -0.157. The summed E-state index contributed by atoms with van der Waals surface area (Å²) < 4.78 is 45.5. The molecule has 9 nitrogen and oxygen atoms in total. The molecule has 51 heavy (non-hydrogen) atoms. The predicted octanol–water partition coefficient (Wildman–Crippen LogP) is 8.20. The number of rotatable bonds is 22. The fraction of sp³-hybridized carbons (Fsp3) is 0.875. The number of unbranched alkanes of at least 4 members (excludes halogenated alkanes) is 4. The first-order valence-corrected chi connectivity index (χ1v) is 22.0. The predicted molar refractivity (Wildman–Crippen MR) is 208 cm³/mol. The van der Waals surface area contributed by atoms with E-state index in [4.69, 9.17) is 14.2 Å². The Morgan fingerprint density at radius 2 is 1.25 bits per heavy atom. The first-order chi connectivity index (χ1) is 23.6. The fourth-order valence-corrected chi connectivity index (χ4v) is 11.1. The van der Waals surface area contributed by atoms with Crippen LogP contribution in [0.25, 0.3) is 0 Å². The highest BCUT2D eigenvalue weighted by atomic mass is 32.2. The van der Waals surface area contributed by atoms with E-state index in [1.165, 1.54) is 0 Å². The van der Waals surface area contributed by atoms with Gasteiger partial charge < -0.3 is 28.4 Å². The number of ether oxygens (including phenoxy) is 3. The zero-order valence-electron chi connectivity index (χ0n) is 34.0. The van der Waals surface area contributed by atoms with Crippen molar-refractivity contribution in [3.05, 3.63) is 11.6 Å². The molecule has 0 fully saturated rings. The summed E-state index contributed by atoms with van der Waals surface area (Å²) in [4.78, 5) is 37.9. The molecule has 1 aliphatic carbocycles. The first kappa shape index (κ1) is 47.8. The molecule has 0 heterocycles. The standard InChI is InChI=1S/C40H72O9S2/c1-13-21-32-39(49-33(41)14-2,50(45)27-34(42)47-24-19-15-17-22-29(3)4)26-31(37(7,8)9)36(44)40(32,38(10,11)12)51(46)28-35(43)48-25-20-16-18-23-30(5)6/h26,29-30,32,36,44H,13-25,27-28H2,1-12H3. The molecule has 0 spiro atoms. The Kier molecular flexibility index (Phi) is 20.2. The van der Waals surface area contributed by atoms with Crippen LogP contribution < -0.4 is 0 Å². The normalized spacial score (nSPS) is 23.9. The van der Waals surface area contributed by atoms with E-state index >= 15 is 4.55 Å². The van der Waals surface area contributed by atoms with Gasteiger partial charge in [-0.1, -0.05) is 128 Å². The minimum absolute atomic E-state index is 0.0328. The molecule has 0 aromatic rings. The maximum atomic E-state index is 15.0. The number of esters is 3. The van der Waals surface area contributed by atoms with Crippen molar-refractivity contribution in [2.24, 2.45) is 28.6 Å². The van der Waals surface area contributed by atoms with Crippen LogP contribution in [0.1, 0.15) is 154 Å². The third kappa shape index (κ3) is 13.5. The lowest BCUT2D eigenvalue weighted by atomic mass is 9.59. The monoisotopic (exact) mass is 760 g/mol. The van der Waals surface area contributed by atoms with Crippen molar-refractivity contribution in [2.75, 3.05) is 24.7 Å². The first-order valence-electron chi connectivity index (χ1n) is 19.3. The van der Waals surface area contributed by atoms with Gasteiger partial charge in [0, 0.05) is 29.1 Å². The highest BCUT2D eigenvalue weighted by Gasteiger charge is 2.75. The second kappa shape index (κ2) is 21.6. The van der Waals surface area contributed by atoms with E-state index in [1.807, 2.05) is 48.5 Å². The summed E-state index contributed by atoms with van der Waals surface area (Å²) in [6.45, 7) is 23.7.